The van der Waals surface area contributed by atoms with Crippen molar-refractivity contribution in [2.24, 2.45) is 5.73 Å². The Hall–Kier alpha value is 0.0569. The molecule has 0 radical (unpaired) electrons. The van der Waals surface area contributed by atoms with Gasteiger partial charge in [0.25, 0.3) is 0 Å². The van der Waals surface area contributed by atoms with E-state index in [-0.39, 0.29) is 0 Å². The third kappa shape index (κ3) is 7.15. The zero-order valence-electron chi connectivity index (χ0n) is 8.88. The number of nitrogens with two attached hydrogens (primary N) is 1. The Morgan fingerprint density at radius 2 is 2.08 bits per heavy atom. The van der Waals surface area contributed by atoms with Crippen molar-refractivity contribution in [2.45, 2.75) is 31.8 Å². The van der Waals surface area contributed by atoms with E-state index in [0.29, 0.717) is 12.1 Å². The van der Waals surface area contributed by atoms with Crippen molar-refractivity contribution in [3.63, 3.8) is 0 Å². The van der Waals surface area contributed by atoms with E-state index in [1.54, 1.807) is 14.2 Å². The number of hydrogen-bond donors (Lipinski definition) is 2. The summed E-state index contributed by atoms with van der Waals surface area (Å²) in [5.74, 6) is 0. The molecule has 3 N–H and O–H groups in total. The van der Waals surface area contributed by atoms with Crippen LogP contribution in [0.3, 0.4) is 0 Å². The maximum absolute atomic E-state index is 5.64. The van der Waals surface area contributed by atoms with Gasteiger partial charge < -0.3 is 19.9 Å². The normalized spacial score (nSPS) is 23.5. The average molecular weight is 206 g/mol. The van der Waals surface area contributed by atoms with Gasteiger partial charge in [0.1, 0.15) is 0 Å². The van der Waals surface area contributed by atoms with Crippen LogP contribution in [0.4, 0.5) is 0 Å². The molecule has 80 valence electrons. The lowest BCUT2D eigenvalue weighted by Gasteiger charge is -2.12. The molecule has 1 fully saturated rings. The van der Waals surface area contributed by atoms with E-state index in [9.17, 15) is 0 Å². The summed E-state index contributed by atoms with van der Waals surface area (Å²) in [6.45, 7) is 3.22. The molecular weight excluding hydrogens is 184 g/mol. The predicted molar refractivity (Wildman–Crippen MR) is 57.2 cm³/mol. The highest BCUT2D eigenvalue weighted by atomic mass is 28.3. The highest BCUT2D eigenvalue weighted by Crippen LogP contribution is 2.06. The van der Waals surface area contributed by atoms with E-state index in [0.717, 1.165) is 6.54 Å². The molecule has 0 aromatic carbocycles. The fraction of sp³-hybridized carbons (Fsp3) is 1.00. The largest absolute Gasteiger partial charge is 0.402 e. The second kappa shape index (κ2) is 8.65. The molecule has 0 aromatic rings. The van der Waals surface area contributed by atoms with Crippen LogP contribution in [-0.2, 0) is 8.85 Å². The van der Waals surface area contributed by atoms with Crippen LogP contribution in [-0.4, -0.2) is 42.9 Å². The fourth-order valence-corrected chi connectivity index (χ4v) is 1.51. The standard InChI is InChI=1S/C6H14N2.C2H8O2Si/c1-5(7)6-3-2-4-8-6;1-3-5-4-2/h5-6,8H,2-4,7H2,1H3;5H2,1-2H3. The van der Waals surface area contributed by atoms with Crippen LogP contribution in [0.5, 0.6) is 0 Å². The molecule has 4 nitrogen and oxygen atoms in total. The molecule has 1 saturated heterocycles. The van der Waals surface area contributed by atoms with Crippen LogP contribution >= 0.6 is 0 Å². The van der Waals surface area contributed by atoms with Gasteiger partial charge in [0.2, 0.25) is 0 Å². The minimum Gasteiger partial charge on any atom is -0.402 e. The molecule has 2 unspecified atom stereocenters. The van der Waals surface area contributed by atoms with Crippen LogP contribution in [0.15, 0.2) is 0 Å². The van der Waals surface area contributed by atoms with Gasteiger partial charge in [-0.25, -0.2) is 0 Å². The van der Waals surface area contributed by atoms with Crippen LogP contribution in [0.2, 0.25) is 0 Å². The Morgan fingerprint density at radius 3 is 2.23 bits per heavy atom. The van der Waals surface area contributed by atoms with E-state index in [4.69, 9.17) is 5.73 Å². The van der Waals surface area contributed by atoms with E-state index in [2.05, 4.69) is 21.1 Å². The van der Waals surface area contributed by atoms with Crippen molar-refractivity contribution in [1.82, 2.24) is 5.32 Å². The molecule has 0 aliphatic carbocycles. The first-order chi connectivity index (χ1) is 6.22. The minimum atomic E-state index is -0.568. The van der Waals surface area contributed by atoms with Gasteiger partial charge in [-0.05, 0) is 26.3 Å². The topological polar surface area (TPSA) is 56.5 Å². The SMILES string of the molecule is CC(N)C1CCCN1.CO[SiH2]OC. The Morgan fingerprint density at radius 1 is 1.46 bits per heavy atom. The van der Waals surface area contributed by atoms with Gasteiger partial charge in [-0.15, -0.1) is 0 Å². The van der Waals surface area contributed by atoms with Gasteiger partial charge in [-0.3, -0.25) is 0 Å². The smallest absolute Gasteiger partial charge is 0.303 e. The maximum atomic E-state index is 5.64. The molecule has 0 saturated carbocycles. The highest BCUT2D eigenvalue weighted by molar-refractivity contribution is 6.17. The molecular formula is C8H22N2O2Si. The molecule has 5 heteroatoms. The summed E-state index contributed by atoms with van der Waals surface area (Å²) >= 11 is 0. The average Bonchev–Trinajstić information content (AvgIpc) is 2.58. The summed E-state index contributed by atoms with van der Waals surface area (Å²) in [7, 11) is 2.73. The summed E-state index contributed by atoms with van der Waals surface area (Å²) in [6.07, 6.45) is 2.56. The molecule has 13 heavy (non-hydrogen) atoms. The predicted octanol–water partition coefficient (Wildman–Crippen LogP) is -0.636. The summed E-state index contributed by atoms with van der Waals surface area (Å²) in [5.41, 5.74) is 5.64. The van der Waals surface area contributed by atoms with Crippen LogP contribution in [0, 0.1) is 0 Å². The lowest BCUT2D eigenvalue weighted by molar-refractivity contribution is 0.309. The second-order valence-electron chi connectivity index (χ2n) is 3.26. The monoisotopic (exact) mass is 206 g/mol. The fourth-order valence-electron chi connectivity index (χ4n) is 1.28. The molecule has 1 aliphatic rings. The van der Waals surface area contributed by atoms with E-state index >= 15 is 0 Å². The van der Waals surface area contributed by atoms with Crippen LogP contribution in [0.1, 0.15) is 19.8 Å². The quantitative estimate of drug-likeness (QED) is 0.603. The molecule has 1 rings (SSSR count). The van der Waals surface area contributed by atoms with Crippen molar-refractivity contribution in [2.75, 3.05) is 20.8 Å². The van der Waals surface area contributed by atoms with Crippen molar-refractivity contribution < 1.29 is 8.85 Å². The molecule has 0 amide bonds. The summed E-state index contributed by atoms with van der Waals surface area (Å²) in [6, 6.07) is 0.924. The molecule has 1 heterocycles. The molecule has 0 spiro atoms. The van der Waals surface area contributed by atoms with Crippen LogP contribution < -0.4 is 11.1 Å². The van der Waals surface area contributed by atoms with Crippen molar-refractivity contribution in [3.8, 4) is 0 Å². The van der Waals surface area contributed by atoms with Gasteiger partial charge in [0.05, 0.1) is 0 Å². The first-order valence-corrected chi connectivity index (χ1v) is 5.84. The number of nitrogens with one attached hydrogen (secondary N) is 1. The first kappa shape index (κ1) is 13.1. The Bertz CT molecular complexity index is 106. The summed E-state index contributed by atoms with van der Waals surface area (Å²) < 4.78 is 9.22. The van der Waals surface area contributed by atoms with Gasteiger partial charge in [-0.1, -0.05) is 0 Å². The van der Waals surface area contributed by atoms with Gasteiger partial charge in [-0.2, -0.15) is 0 Å². The van der Waals surface area contributed by atoms with E-state index < -0.39 is 10.0 Å². The Labute approximate surface area is 83.2 Å². The lowest BCUT2D eigenvalue weighted by atomic mass is 10.1. The van der Waals surface area contributed by atoms with Gasteiger partial charge in [0.15, 0.2) is 0 Å². The van der Waals surface area contributed by atoms with Gasteiger partial charge >= 0.3 is 10.0 Å². The summed E-state index contributed by atoms with van der Waals surface area (Å²) in [4.78, 5) is 0. The van der Waals surface area contributed by atoms with Crippen molar-refractivity contribution >= 4 is 10.0 Å². The first-order valence-electron chi connectivity index (χ1n) is 4.69. The molecule has 0 aromatic heterocycles. The molecule has 1 aliphatic heterocycles. The summed E-state index contributed by atoms with van der Waals surface area (Å²) in [5, 5.41) is 3.33. The molecule has 0 bridgehead atoms. The van der Waals surface area contributed by atoms with Crippen LogP contribution in [0.25, 0.3) is 0 Å². The Balaban J connectivity index is 0.000000252. The maximum Gasteiger partial charge on any atom is 0.303 e. The highest BCUT2D eigenvalue weighted by Gasteiger charge is 2.16. The van der Waals surface area contributed by atoms with Gasteiger partial charge in [0, 0.05) is 26.3 Å². The van der Waals surface area contributed by atoms with E-state index in [1.807, 2.05) is 0 Å². The molecule has 2 atom stereocenters. The lowest BCUT2D eigenvalue weighted by Crippen LogP contribution is -2.38. The van der Waals surface area contributed by atoms with Crippen molar-refractivity contribution in [3.05, 3.63) is 0 Å². The third-order valence-corrected chi connectivity index (χ3v) is 2.44. The van der Waals surface area contributed by atoms with Crippen molar-refractivity contribution in [1.29, 1.82) is 0 Å². The Kier molecular flexibility index (Phi) is 8.68. The second-order valence-corrected chi connectivity index (χ2v) is 4.65. The zero-order valence-corrected chi connectivity index (χ0v) is 10.3. The minimum absolute atomic E-state index is 0.331. The number of hydrogen-bond acceptors (Lipinski definition) is 4. The van der Waals surface area contributed by atoms with E-state index in [1.165, 1.54) is 12.8 Å². The zero-order chi connectivity index (χ0) is 10.1. The third-order valence-electron chi connectivity index (χ3n) is 1.97. The number of rotatable bonds is 3.